The molecule has 48 heavy (non-hydrogen) atoms. The van der Waals surface area contributed by atoms with Crippen LogP contribution < -0.4 is 10.1 Å². The molecule has 0 atom stereocenters. The lowest BCUT2D eigenvalue weighted by Crippen LogP contribution is -2.25. The number of carbonyl (C=O) groups is 3. The molecule has 2 aromatic carbocycles. The van der Waals surface area contributed by atoms with E-state index in [2.05, 4.69) is 20.3 Å². The molecule has 1 heterocycles. The Labute approximate surface area is 280 Å². The van der Waals surface area contributed by atoms with Gasteiger partial charge < -0.3 is 10.1 Å². The second kappa shape index (κ2) is 17.8. The standard InChI is InChI=1S/C37H44N4O7/c1-25(19-20-28-27(3)35(42)29-17-10-11-18-30(29)36(28)43)15-14-16-26(2)37(44)38-23-12-8-6-4-5-7-9-13-24-47-32-22-21-31(41(45)46)33-34(32)40-48-39-33/h10-11,16-19,21-22H,4-9,12-15,20,23-24H2,1-3H3,(H,38,44)/b25-19+,26-16+. The molecular weight excluding hydrogens is 612 g/mol. The lowest BCUT2D eigenvalue weighted by molar-refractivity contribution is -0.383. The molecule has 11 nitrogen and oxygen atoms in total. The summed E-state index contributed by atoms with van der Waals surface area (Å²) in [6.07, 6.45) is 14.3. The van der Waals surface area contributed by atoms with Gasteiger partial charge in [0.15, 0.2) is 22.8 Å². The molecule has 1 aliphatic rings. The maximum atomic E-state index is 12.9. The Kier molecular flexibility index (Phi) is 13.3. The third kappa shape index (κ3) is 9.56. The number of Topliss-reactive ketones (excluding diaryl/α,β-unsaturated/α-hetero) is 2. The molecule has 1 aromatic heterocycles. The van der Waals surface area contributed by atoms with Crippen LogP contribution in [0.25, 0.3) is 11.0 Å². The molecule has 1 aliphatic carbocycles. The van der Waals surface area contributed by atoms with Crippen LogP contribution in [0.2, 0.25) is 0 Å². The monoisotopic (exact) mass is 656 g/mol. The smallest absolute Gasteiger partial charge is 0.301 e. The number of nitrogens with zero attached hydrogens (tertiary/aromatic N) is 3. The van der Waals surface area contributed by atoms with E-state index >= 15 is 0 Å². The first-order valence-electron chi connectivity index (χ1n) is 16.7. The molecule has 1 N–H and O–H groups in total. The van der Waals surface area contributed by atoms with Crippen molar-refractivity contribution in [3.63, 3.8) is 0 Å². The Balaban J connectivity index is 1.02. The number of aromatic nitrogens is 2. The molecule has 0 saturated carbocycles. The quantitative estimate of drug-likeness (QED) is 0.0442. The summed E-state index contributed by atoms with van der Waals surface area (Å²) in [5.74, 6) is 0.235. The Morgan fingerprint density at radius 1 is 0.896 bits per heavy atom. The van der Waals surface area contributed by atoms with Crippen molar-refractivity contribution in [2.75, 3.05) is 13.2 Å². The Morgan fingerprint density at radius 2 is 1.54 bits per heavy atom. The Bertz CT molecular complexity index is 1730. The van der Waals surface area contributed by atoms with E-state index in [0.29, 0.717) is 53.2 Å². The van der Waals surface area contributed by atoms with Gasteiger partial charge in [0, 0.05) is 40.5 Å². The van der Waals surface area contributed by atoms with Crippen LogP contribution >= 0.6 is 0 Å². The highest BCUT2D eigenvalue weighted by molar-refractivity contribution is 6.26. The molecule has 0 radical (unpaired) electrons. The number of rotatable bonds is 19. The number of non-ortho nitro benzene ring substituents is 1. The largest absolute Gasteiger partial charge is 0.491 e. The van der Waals surface area contributed by atoms with Crippen LogP contribution in [0.3, 0.4) is 0 Å². The van der Waals surface area contributed by atoms with E-state index in [-0.39, 0.29) is 34.2 Å². The van der Waals surface area contributed by atoms with Gasteiger partial charge in [-0.1, -0.05) is 80.5 Å². The summed E-state index contributed by atoms with van der Waals surface area (Å²) in [6.45, 7) is 6.71. The van der Waals surface area contributed by atoms with Crippen molar-refractivity contribution in [1.82, 2.24) is 15.6 Å². The molecule has 3 aromatic rings. The van der Waals surface area contributed by atoms with E-state index < -0.39 is 4.92 Å². The van der Waals surface area contributed by atoms with Crippen molar-refractivity contribution in [2.24, 2.45) is 0 Å². The fraction of sp³-hybridized carbons (Fsp3) is 0.432. The molecule has 0 saturated heterocycles. The third-order valence-corrected chi connectivity index (χ3v) is 8.65. The van der Waals surface area contributed by atoms with Crippen LogP contribution in [-0.4, -0.2) is 45.9 Å². The van der Waals surface area contributed by atoms with Crippen LogP contribution in [0.4, 0.5) is 5.69 Å². The van der Waals surface area contributed by atoms with Crippen molar-refractivity contribution in [1.29, 1.82) is 0 Å². The van der Waals surface area contributed by atoms with E-state index in [1.807, 2.05) is 26.0 Å². The van der Waals surface area contributed by atoms with Gasteiger partial charge in [0.25, 0.3) is 0 Å². The minimum atomic E-state index is -0.523. The molecule has 254 valence electrons. The van der Waals surface area contributed by atoms with Gasteiger partial charge in [-0.2, -0.15) is 0 Å². The number of ketones is 2. The summed E-state index contributed by atoms with van der Waals surface area (Å²) in [7, 11) is 0. The summed E-state index contributed by atoms with van der Waals surface area (Å²) in [4.78, 5) is 48.7. The Hall–Kier alpha value is -4.93. The number of nitro groups is 1. The molecule has 11 heteroatoms. The maximum absolute atomic E-state index is 12.9. The summed E-state index contributed by atoms with van der Waals surface area (Å²) < 4.78 is 10.4. The third-order valence-electron chi connectivity index (χ3n) is 8.65. The van der Waals surface area contributed by atoms with Gasteiger partial charge in [0.2, 0.25) is 11.4 Å². The molecule has 0 bridgehead atoms. The average molecular weight is 657 g/mol. The molecule has 0 spiro atoms. The van der Waals surface area contributed by atoms with Gasteiger partial charge in [0.1, 0.15) is 0 Å². The second-order valence-corrected chi connectivity index (χ2v) is 12.2. The van der Waals surface area contributed by atoms with Crippen molar-refractivity contribution in [3.8, 4) is 5.75 Å². The summed E-state index contributed by atoms with van der Waals surface area (Å²) in [5, 5.41) is 21.5. The minimum absolute atomic E-state index is 0.0427. The number of nitrogens with one attached hydrogen (secondary N) is 1. The highest BCUT2D eigenvalue weighted by atomic mass is 16.6. The maximum Gasteiger partial charge on any atom is 0.301 e. The fourth-order valence-corrected chi connectivity index (χ4v) is 5.69. The number of hydrogen-bond donors (Lipinski definition) is 1. The zero-order chi connectivity index (χ0) is 34.5. The summed E-state index contributed by atoms with van der Waals surface area (Å²) in [6, 6.07) is 9.85. The van der Waals surface area contributed by atoms with Gasteiger partial charge in [-0.3, -0.25) is 24.5 Å². The van der Waals surface area contributed by atoms with Crippen molar-refractivity contribution in [3.05, 3.63) is 92.1 Å². The SMILES string of the molecule is CC1=C(C/C=C(\C)CC/C=C(\C)C(=O)NCCCCCCCCCCOc2ccc([N+](=O)[O-])c3nonc23)C(=O)c2ccccc2C1=O. The van der Waals surface area contributed by atoms with Crippen LogP contribution in [0, 0.1) is 10.1 Å². The zero-order valence-electron chi connectivity index (χ0n) is 28.0. The molecule has 0 aliphatic heterocycles. The van der Waals surface area contributed by atoms with Gasteiger partial charge in [-0.05, 0) is 69.3 Å². The van der Waals surface area contributed by atoms with Crippen molar-refractivity contribution < 1.29 is 28.7 Å². The first kappa shape index (κ1) is 35.9. The normalized spacial score (nSPS) is 13.6. The molecule has 0 unspecified atom stereocenters. The zero-order valence-corrected chi connectivity index (χ0v) is 28.0. The average Bonchev–Trinajstić information content (AvgIpc) is 3.58. The van der Waals surface area contributed by atoms with E-state index in [9.17, 15) is 24.5 Å². The van der Waals surface area contributed by atoms with Gasteiger partial charge >= 0.3 is 5.69 Å². The van der Waals surface area contributed by atoms with Gasteiger partial charge in [0.05, 0.1) is 11.5 Å². The van der Waals surface area contributed by atoms with Gasteiger partial charge in [-0.15, -0.1) is 0 Å². The number of carbonyl (C=O) groups excluding carboxylic acids is 3. The lowest BCUT2D eigenvalue weighted by Gasteiger charge is -2.18. The number of amides is 1. The summed E-state index contributed by atoms with van der Waals surface area (Å²) >= 11 is 0. The van der Waals surface area contributed by atoms with Crippen LogP contribution in [0.15, 0.2) is 75.5 Å². The first-order chi connectivity index (χ1) is 23.2. The number of allylic oxidation sites excluding steroid dienone is 5. The minimum Gasteiger partial charge on any atom is -0.491 e. The summed E-state index contributed by atoms with van der Waals surface area (Å²) in [5.41, 5.74) is 4.03. The van der Waals surface area contributed by atoms with E-state index in [1.54, 1.807) is 31.2 Å². The predicted octanol–water partition coefficient (Wildman–Crippen LogP) is 8.21. The lowest BCUT2D eigenvalue weighted by atomic mass is 9.83. The number of nitro benzene ring substituents is 1. The molecular formula is C37H44N4O7. The number of benzene rings is 2. The van der Waals surface area contributed by atoms with E-state index in [0.717, 1.165) is 69.8 Å². The van der Waals surface area contributed by atoms with Crippen LogP contribution in [0.1, 0.15) is 112 Å². The number of hydrogen-bond acceptors (Lipinski definition) is 9. The first-order valence-corrected chi connectivity index (χ1v) is 16.7. The van der Waals surface area contributed by atoms with Crippen LogP contribution in [0.5, 0.6) is 5.75 Å². The Morgan fingerprint density at radius 3 is 2.25 bits per heavy atom. The molecule has 4 rings (SSSR count). The van der Waals surface area contributed by atoms with E-state index in [4.69, 9.17) is 4.74 Å². The second-order valence-electron chi connectivity index (χ2n) is 12.2. The van der Waals surface area contributed by atoms with Gasteiger partial charge in [-0.25, -0.2) is 4.63 Å². The molecule has 0 fully saturated rings. The number of ether oxygens (including phenoxy) is 1. The molecule has 1 amide bonds. The van der Waals surface area contributed by atoms with Crippen molar-refractivity contribution in [2.45, 2.75) is 91.4 Å². The number of unbranched alkanes of at least 4 members (excludes halogenated alkanes) is 7. The number of fused-ring (bicyclic) bond motifs is 2. The predicted molar refractivity (Wildman–Crippen MR) is 183 cm³/mol. The van der Waals surface area contributed by atoms with Crippen LogP contribution in [-0.2, 0) is 4.79 Å². The fourth-order valence-electron chi connectivity index (χ4n) is 5.69. The highest BCUT2D eigenvalue weighted by Crippen LogP contribution is 2.31. The van der Waals surface area contributed by atoms with E-state index in [1.165, 1.54) is 12.1 Å². The highest BCUT2D eigenvalue weighted by Gasteiger charge is 2.28. The topological polar surface area (TPSA) is 155 Å². The van der Waals surface area contributed by atoms with Crippen molar-refractivity contribution >= 4 is 34.2 Å².